The SMILES string of the molecule is O=C(O)c1occc1CNCc1ccc[nH]1. The van der Waals surface area contributed by atoms with Crippen molar-refractivity contribution >= 4 is 5.97 Å². The van der Waals surface area contributed by atoms with Gasteiger partial charge in [-0.1, -0.05) is 0 Å². The van der Waals surface area contributed by atoms with Crippen molar-refractivity contribution < 1.29 is 14.3 Å². The summed E-state index contributed by atoms with van der Waals surface area (Å²) in [5.41, 5.74) is 1.71. The molecule has 0 spiro atoms. The van der Waals surface area contributed by atoms with Gasteiger partial charge in [0.15, 0.2) is 0 Å². The Bertz CT molecular complexity index is 459. The second-order valence-corrected chi connectivity index (χ2v) is 3.38. The normalized spacial score (nSPS) is 10.5. The lowest BCUT2D eigenvalue weighted by Crippen LogP contribution is -2.14. The van der Waals surface area contributed by atoms with Crippen molar-refractivity contribution in [2.75, 3.05) is 0 Å². The van der Waals surface area contributed by atoms with Gasteiger partial charge in [-0.25, -0.2) is 4.79 Å². The molecule has 5 nitrogen and oxygen atoms in total. The smallest absolute Gasteiger partial charge is 0.372 e. The molecule has 2 aromatic heterocycles. The molecule has 0 atom stereocenters. The number of furan rings is 1. The Morgan fingerprint density at radius 1 is 1.44 bits per heavy atom. The van der Waals surface area contributed by atoms with E-state index in [4.69, 9.17) is 9.52 Å². The Morgan fingerprint density at radius 2 is 2.31 bits per heavy atom. The highest BCUT2D eigenvalue weighted by molar-refractivity contribution is 5.86. The van der Waals surface area contributed by atoms with E-state index in [1.165, 1.54) is 6.26 Å². The van der Waals surface area contributed by atoms with Crippen LogP contribution in [0.3, 0.4) is 0 Å². The zero-order valence-electron chi connectivity index (χ0n) is 8.56. The standard InChI is InChI=1S/C11H12N2O3/c14-11(15)10-8(3-5-16-10)6-12-7-9-2-1-4-13-9/h1-5,12-13H,6-7H2,(H,14,15). The molecule has 0 fully saturated rings. The lowest BCUT2D eigenvalue weighted by molar-refractivity contribution is 0.0660. The zero-order chi connectivity index (χ0) is 11.4. The van der Waals surface area contributed by atoms with Gasteiger partial charge in [-0.05, 0) is 18.2 Å². The molecule has 0 bridgehead atoms. The van der Waals surface area contributed by atoms with Gasteiger partial charge in [0.2, 0.25) is 5.76 Å². The van der Waals surface area contributed by atoms with Crippen LogP contribution in [0.4, 0.5) is 0 Å². The third-order valence-corrected chi connectivity index (χ3v) is 2.23. The Morgan fingerprint density at radius 3 is 3.00 bits per heavy atom. The third kappa shape index (κ3) is 2.32. The average molecular weight is 220 g/mol. The summed E-state index contributed by atoms with van der Waals surface area (Å²) in [5.74, 6) is -1.04. The van der Waals surface area contributed by atoms with Gasteiger partial charge in [-0.15, -0.1) is 0 Å². The first-order valence-corrected chi connectivity index (χ1v) is 4.90. The summed E-state index contributed by atoms with van der Waals surface area (Å²) < 4.78 is 4.87. The predicted octanol–water partition coefficient (Wildman–Crippen LogP) is 1.60. The van der Waals surface area contributed by atoms with Crippen molar-refractivity contribution in [1.29, 1.82) is 0 Å². The molecular weight excluding hydrogens is 208 g/mol. The lowest BCUT2D eigenvalue weighted by Gasteiger charge is -2.01. The molecule has 0 amide bonds. The van der Waals surface area contributed by atoms with Crippen molar-refractivity contribution in [2.45, 2.75) is 13.1 Å². The summed E-state index contributed by atoms with van der Waals surface area (Å²) in [5, 5.41) is 11.9. The van der Waals surface area contributed by atoms with Crippen LogP contribution in [0.15, 0.2) is 35.1 Å². The molecule has 16 heavy (non-hydrogen) atoms. The predicted molar refractivity (Wildman–Crippen MR) is 57.0 cm³/mol. The lowest BCUT2D eigenvalue weighted by atomic mass is 10.2. The molecule has 0 saturated carbocycles. The molecule has 0 saturated heterocycles. The zero-order valence-corrected chi connectivity index (χ0v) is 8.56. The van der Waals surface area contributed by atoms with Crippen LogP contribution in [0.25, 0.3) is 0 Å². The van der Waals surface area contributed by atoms with Crippen LogP contribution in [0.1, 0.15) is 21.8 Å². The highest BCUT2D eigenvalue weighted by Gasteiger charge is 2.12. The molecule has 2 aromatic rings. The summed E-state index contributed by atoms with van der Waals surface area (Å²) in [6, 6.07) is 5.53. The number of rotatable bonds is 5. The summed E-state index contributed by atoms with van der Waals surface area (Å²) in [4.78, 5) is 13.8. The second-order valence-electron chi connectivity index (χ2n) is 3.38. The fourth-order valence-electron chi connectivity index (χ4n) is 1.47. The van der Waals surface area contributed by atoms with Crippen LogP contribution in [-0.2, 0) is 13.1 Å². The summed E-state index contributed by atoms with van der Waals surface area (Å²) in [7, 11) is 0. The van der Waals surface area contributed by atoms with Gasteiger partial charge in [-0.2, -0.15) is 0 Å². The summed E-state index contributed by atoms with van der Waals surface area (Å²) >= 11 is 0. The van der Waals surface area contributed by atoms with E-state index in [0.717, 1.165) is 5.69 Å². The molecule has 0 radical (unpaired) electrons. The topological polar surface area (TPSA) is 78.3 Å². The molecule has 0 aromatic carbocycles. The van der Waals surface area contributed by atoms with E-state index in [-0.39, 0.29) is 5.76 Å². The molecule has 2 heterocycles. The fraction of sp³-hybridized carbons (Fsp3) is 0.182. The maximum absolute atomic E-state index is 10.7. The second kappa shape index (κ2) is 4.67. The summed E-state index contributed by atoms with van der Waals surface area (Å²) in [6.07, 6.45) is 3.23. The number of carboxylic acids is 1. The molecule has 3 N–H and O–H groups in total. The molecule has 0 aliphatic rings. The number of aromatic nitrogens is 1. The minimum atomic E-state index is -1.04. The van der Waals surface area contributed by atoms with Crippen molar-refractivity contribution in [2.24, 2.45) is 0 Å². The Kier molecular flexibility index (Phi) is 3.07. The first-order chi connectivity index (χ1) is 7.77. The minimum absolute atomic E-state index is 0.000939. The number of aromatic carboxylic acids is 1. The monoisotopic (exact) mass is 220 g/mol. The van der Waals surface area contributed by atoms with Crippen molar-refractivity contribution in [3.05, 3.63) is 47.7 Å². The molecule has 0 aliphatic heterocycles. The van der Waals surface area contributed by atoms with Crippen molar-refractivity contribution in [3.63, 3.8) is 0 Å². The van der Waals surface area contributed by atoms with Gasteiger partial charge in [0.05, 0.1) is 6.26 Å². The molecule has 2 rings (SSSR count). The highest BCUT2D eigenvalue weighted by Crippen LogP contribution is 2.10. The van der Waals surface area contributed by atoms with Gasteiger partial charge in [0, 0.05) is 30.5 Å². The van der Waals surface area contributed by atoms with E-state index in [2.05, 4.69) is 10.3 Å². The highest BCUT2D eigenvalue weighted by atomic mass is 16.4. The molecule has 0 aliphatic carbocycles. The van der Waals surface area contributed by atoms with Gasteiger partial charge in [0.25, 0.3) is 0 Å². The molecule has 84 valence electrons. The number of aromatic amines is 1. The summed E-state index contributed by atoms with van der Waals surface area (Å²) in [6.45, 7) is 1.13. The van der Waals surface area contributed by atoms with Gasteiger partial charge in [-0.3, -0.25) is 0 Å². The van der Waals surface area contributed by atoms with Crippen LogP contribution < -0.4 is 5.32 Å². The van der Waals surface area contributed by atoms with Crippen LogP contribution >= 0.6 is 0 Å². The number of carbonyl (C=O) groups is 1. The van der Waals surface area contributed by atoms with Crippen LogP contribution in [0.2, 0.25) is 0 Å². The third-order valence-electron chi connectivity index (χ3n) is 2.23. The molecular formula is C11H12N2O3. The average Bonchev–Trinajstić information content (AvgIpc) is 2.87. The van der Waals surface area contributed by atoms with E-state index in [1.54, 1.807) is 6.07 Å². The van der Waals surface area contributed by atoms with Crippen LogP contribution in [0, 0.1) is 0 Å². The fourth-order valence-corrected chi connectivity index (χ4v) is 1.47. The Balaban J connectivity index is 1.90. The van der Waals surface area contributed by atoms with Gasteiger partial charge >= 0.3 is 5.97 Å². The van der Waals surface area contributed by atoms with Gasteiger partial charge < -0.3 is 19.8 Å². The van der Waals surface area contributed by atoms with Crippen molar-refractivity contribution in [3.8, 4) is 0 Å². The Hall–Kier alpha value is -2.01. The number of hydrogen-bond acceptors (Lipinski definition) is 3. The first kappa shape index (κ1) is 10.5. The van der Waals surface area contributed by atoms with Crippen LogP contribution in [0.5, 0.6) is 0 Å². The molecule has 0 unspecified atom stereocenters. The molecule has 5 heteroatoms. The largest absolute Gasteiger partial charge is 0.475 e. The minimum Gasteiger partial charge on any atom is -0.475 e. The first-order valence-electron chi connectivity index (χ1n) is 4.90. The van der Waals surface area contributed by atoms with Gasteiger partial charge in [0.1, 0.15) is 0 Å². The quantitative estimate of drug-likeness (QED) is 0.715. The van der Waals surface area contributed by atoms with E-state index >= 15 is 0 Å². The number of hydrogen-bond donors (Lipinski definition) is 3. The number of carboxylic acid groups (broad SMARTS) is 1. The van der Waals surface area contributed by atoms with E-state index < -0.39 is 5.97 Å². The number of H-pyrrole nitrogens is 1. The number of nitrogens with one attached hydrogen (secondary N) is 2. The maximum Gasteiger partial charge on any atom is 0.372 e. The maximum atomic E-state index is 10.7. The van der Waals surface area contributed by atoms with E-state index in [0.29, 0.717) is 18.7 Å². The van der Waals surface area contributed by atoms with E-state index in [1.807, 2.05) is 18.3 Å². The van der Waals surface area contributed by atoms with E-state index in [9.17, 15) is 4.79 Å². The van der Waals surface area contributed by atoms with Crippen molar-refractivity contribution in [1.82, 2.24) is 10.3 Å². The Labute approximate surface area is 92.1 Å². The van der Waals surface area contributed by atoms with Crippen LogP contribution in [-0.4, -0.2) is 16.1 Å².